The Morgan fingerprint density at radius 1 is 0.862 bits per heavy atom. The van der Waals surface area contributed by atoms with Gasteiger partial charge in [0.2, 0.25) is 15.9 Å². The fraction of sp³-hybridized carbons (Fsp3) is 0.300. The summed E-state index contributed by atoms with van der Waals surface area (Å²) in [5.41, 5.74) is 0.552. The minimum Gasteiger partial charge on any atom is -0.289 e. The number of piperazine rings is 1. The van der Waals surface area contributed by atoms with Crippen LogP contribution in [0.3, 0.4) is 0 Å². The van der Waals surface area contributed by atoms with Gasteiger partial charge in [-0.15, -0.1) is 0 Å². The Labute approximate surface area is 178 Å². The first-order valence-corrected chi connectivity index (χ1v) is 11.5. The molecule has 2 aromatic rings. The highest BCUT2D eigenvalue weighted by Crippen LogP contribution is 2.28. The Bertz CT molecular complexity index is 1020. The lowest BCUT2D eigenvalue weighted by Gasteiger charge is -2.36. The lowest BCUT2D eigenvalue weighted by molar-refractivity contribution is -0.123. The summed E-state index contributed by atoms with van der Waals surface area (Å²) in [5, 5.41) is 0. The van der Waals surface area contributed by atoms with E-state index in [1.165, 1.54) is 9.21 Å². The standard InChI is InChI=1S/C20H20BrN3O4S/c21-15-6-8-16(9-7-15)24-19(25)14-18(20(24)26)22-10-12-23(13-11-22)29(27,28)17-4-2-1-3-5-17/h1-9,18H,10-14H2/t18-/m1/s1. The molecule has 2 fully saturated rings. The molecule has 2 aromatic carbocycles. The summed E-state index contributed by atoms with van der Waals surface area (Å²) in [5.74, 6) is -0.488. The smallest absolute Gasteiger partial charge is 0.251 e. The van der Waals surface area contributed by atoms with Gasteiger partial charge in [0, 0.05) is 30.7 Å². The van der Waals surface area contributed by atoms with E-state index in [2.05, 4.69) is 15.9 Å². The van der Waals surface area contributed by atoms with Crippen LogP contribution in [0.15, 0.2) is 64.0 Å². The Kier molecular flexibility index (Phi) is 5.56. The number of imide groups is 1. The van der Waals surface area contributed by atoms with Crippen LogP contribution in [0.1, 0.15) is 6.42 Å². The summed E-state index contributed by atoms with van der Waals surface area (Å²) in [4.78, 5) is 28.8. The number of amides is 2. The average molecular weight is 478 g/mol. The van der Waals surface area contributed by atoms with Crippen molar-refractivity contribution in [2.75, 3.05) is 31.1 Å². The summed E-state index contributed by atoms with van der Waals surface area (Å²) in [6, 6.07) is 14.8. The molecule has 1 atom stereocenters. The fourth-order valence-corrected chi connectivity index (χ4v) is 5.47. The molecule has 0 spiro atoms. The first-order valence-electron chi connectivity index (χ1n) is 9.29. The highest BCUT2D eigenvalue weighted by Gasteiger charge is 2.44. The molecule has 0 bridgehead atoms. The van der Waals surface area contributed by atoms with Crippen molar-refractivity contribution < 1.29 is 18.0 Å². The van der Waals surface area contributed by atoms with Crippen molar-refractivity contribution >= 4 is 43.5 Å². The van der Waals surface area contributed by atoms with Gasteiger partial charge in [-0.1, -0.05) is 34.1 Å². The highest BCUT2D eigenvalue weighted by molar-refractivity contribution is 9.10. The molecule has 2 aliphatic heterocycles. The van der Waals surface area contributed by atoms with Gasteiger partial charge >= 0.3 is 0 Å². The van der Waals surface area contributed by atoms with Crippen molar-refractivity contribution in [3.05, 3.63) is 59.1 Å². The van der Waals surface area contributed by atoms with Crippen molar-refractivity contribution in [2.45, 2.75) is 17.4 Å². The van der Waals surface area contributed by atoms with Crippen LogP contribution in [0, 0.1) is 0 Å². The topological polar surface area (TPSA) is 78.0 Å². The number of rotatable bonds is 4. The van der Waals surface area contributed by atoms with Crippen LogP contribution in [0.25, 0.3) is 0 Å². The molecular formula is C20H20BrN3O4S. The van der Waals surface area contributed by atoms with Crippen molar-refractivity contribution in [1.82, 2.24) is 9.21 Å². The molecule has 9 heteroatoms. The van der Waals surface area contributed by atoms with E-state index in [4.69, 9.17) is 0 Å². The second-order valence-corrected chi connectivity index (χ2v) is 9.87. The zero-order valence-electron chi connectivity index (χ0n) is 15.6. The molecule has 4 rings (SSSR count). The van der Waals surface area contributed by atoms with E-state index < -0.39 is 16.1 Å². The molecule has 0 radical (unpaired) electrons. The van der Waals surface area contributed by atoms with Crippen LogP contribution in [-0.4, -0.2) is 61.7 Å². The zero-order valence-corrected chi connectivity index (χ0v) is 18.0. The lowest BCUT2D eigenvalue weighted by atomic mass is 10.2. The molecule has 7 nitrogen and oxygen atoms in total. The van der Waals surface area contributed by atoms with E-state index in [0.717, 1.165) is 4.47 Å². The Balaban J connectivity index is 1.44. The first-order chi connectivity index (χ1) is 13.9. The van der Waals surface area contributed by atoms with Gasteiger partial charge in [-0.05, 0) is 36.4 Å². The molecule has 0 unspecified atom stereocenters. The van der Waals surface area contributed by atoms with Crippen molar-refractivity contribution in [2.24, 2.45) is 0 Å². The van der Waals surface area contributed by atoms with E-state index in [0.29, 0.717) is 18.8 Å². The number of benzene rings is 2. The van der Waals surface area contributed by atoms with Gasteiger partial charge in [-0.25, -0.2) is 13.3 Å². The van der Waals surface area contributed by atoms with Crippen molar-refractivity contribution in [1.29, 1.82) is 0 Å². The number of carbonyl (C=O) groups excluding carboxylic acids is 2. The van der Waals surface area contributed by atoms with E-state index in [1.807, 2.05) is 4.90 Å². The Hall–Kier alpha value is -2.07. The third-order valence-corrected chi connectivity index (χ3v) is 7.74. The summed E-state index contributed by atoms with van der Waals surface area (Å²) >= 11 is 3.35. The molecule has 0 aliphatic carbocycles. The van der Waals surface area contributed by atoms with Crippen LogP contribution in [0.4, 0.5) is 5.69 Å². The summed E-state index contributed by atoms with van der Waals surface area (Å²) in [6.45, 7) is 1.38. The molecule has 2 saturated heterocycles. The number of hydrogen-bond donors (Lipinski definition) is 0. The minimum atomic E-state index is -3.55. The summed E-state index contributed by atoms with van der Waals surface area (Å²) in [6.07, 6.45) is 0.111. The SMILES string of the molecule is O=C1C[C@@H](N2CCN(S(=O)(=O)c3ccccc3)CC2)C(=O)N1c1ccc(Br)cc1. The third kappa shape index (κ3) is 3.87. The van der Waals surface area contributed by atoms with Gasteiger partial charge in [-0.2, -0.15) is 4.31 Å². The minimum absolute atomic E-state index is 0.111. The molecule has 152 valence electrons. The van der Waals surface area contributed by atoms with E-state index >= 15 is 0 Å². The number of carbonyl (C=O) groups is 2. The largest absolute Gasteiger partial charge is 0.289 e. The molecule has 0 aromatic heterocycles. The quantitative estimate of drug-likeness (QED) is 0.630. The highest BCUT2D eigenvalue weighted by atomic mass is 79.9. The van der Waals surface area contributed by atoms with Crippen LogP contribution < -0.4 is 4.90 Å². The maximum atomic E-state index is 12.9. The Morgan fingerprint density at radius 3 is 2.10 bits per heavy atom. The molecule has 2 heterocycles. The van der Waals surface area contributed by atoms with E-state index in [1.54, 1.807) is 54.6 Å². The van der Waals surface area contributed by atoms with Crippen molar-refractivity contribution in [3.63, 3.8) is 0 Å². The van der Waals surface area contributed by atoms with Crippen LogP contribution in [0.2, 0.25) is 0 Å². The van der Waals surface area contributed by atoms with Gasteiger partial charge in [0.1, 0.15) is 0 Å². The van der Waals surface area contributed by atoms with Crippen LogP contribution in [-0.2, 0) is 19.6 Å². The van der Waals surface area contributed by atoms with E-state index in [9.17, 15) is 18.0 Å². The lowest BCUT2D eigenvalue weighted by Crippen LogP contribution is -2.53. The van der Waals surface area contributed by atoms with E-state index in [-0.39, 0.29) is 36.2 Å². The van der Waals surface area contributed by atoms with Gasteiger partial charge in [0.15, 0.2) is 0 Å². The number of halogens is 1. The summed E-state index contributed by atoms with van der Waals surface area (Å²) in [7, 11) is -3.55. The van der Waals surface area contributed by atoms with Gasteiger partial charge in [0.05, 0.1) is 23.0 Å². The van der Waals surface area contributed by atoms with Crippen LogP contribution >= 0.6 is 15.9 Å². The normalized spacial score (nSPS) is 21.7. The molecule has 0 saturated carbocycles. The molecule has 2 aliphatic rings. The average Bonchev–Trinajstić information content (AvgIpc) is 3.03. The maximum absolute atomic E-state index is 12.9. The molecule has 29 heavy (non-hydrogen) atoms. The monoisotopic (exact) mass is 477 g/mol. The fourth-order valence-electron chi connectivity index (χ4n) is 3.76. The predicted octanol–water partition coefficient (Wildman–Crippen LogP) is 2.09. The first kappa shape index (κ1) is 20.2. The van der Waals surface area contributed by atoms with Gasteiger partial charge in [0.25, 0.3) is 5.91 Å². The predicted molar refractivity (Wildman–Crippen MR) is 112 cm³/mol. The van der Waals surface area contributed by atoms with Crippen molar-refractivity contribution in [3.8, 4) is 0 Å². The number of hydrogen-bond acceptors (Lipinski definition) is 5. The Morgan fingerprint density at radius 2 is 1.48 bits per heavy atom. The second kappa shape index (κ2) is 7.98. The third-order valence-electron chi connectivity index (χ3n) is 5.30. The van der Waals surface area contributed by atoms with Gasteiger partial charge < -0.3 is 0 Å². The van der Waals surface area contributed by atoms with Crippen LogP contribution in [0.5, 0.6) is 0 Å². The molecular weight excluding hydrogens is 458 g/mol. The van der Waals surface area contributed by atoms with Gasteiger partial charge in [-0.3, -0.25) is 14.5 Å². The maximum Gasteiger partial charge on any atom is 0.251 e. The number of nitrogens with zero attached hydrogens (tertiary/aromatic N) is 3. The summed E-state index contributed by atoms with van der Waals surface area (Å²) < 4.78 is 27.8. The second-order valence-electron chi connectivity index (χ2n) is 7.02. The number of anilines is 1. The number of sulfonamides is 1. The molecule has 2 amide bonds. The molecule has 0 N–H and O–H groups in total. The zero-order chi connectivity index (χ0) is 20.6.